The van der Waals surface area contributed by atoms with Crippen molar-refractivity contribution in [2.75, 3.05) is 25.0 Å². The molecule has 2 heteroatoms. The van der Waals surface area contributed by atoms with Gasteiger partial charge in [-0.2, -0.15) is 0 Å². The Morgan fingerprint density at radius 1 is 1.22 bits per heavy atom. The molecule has 2 atom stereocenters. The van der Waals surface area contributed by atoms with Crippen LogP contribution in [-0.4, -0.2) is 31.1 Å². The second kappa shape index (κ2) is 7.54. The highest BCUT2D eigenvalue weighted by molar-refractivity contribution is 5.57. The largest absolute Gasteiger partial charge is 0.381 e. The molecule has 0 amide bonds. The summed E-state index contributed by atoms with van der Waals surface area (Å²) >= 11 is 0. The van der Waals surface area contributed by atoms with Crippen molar-refractivity contribution in [3.63, 3.8) is 0 Å². The molecule has 0 saturated carbocycles. The fraction of sp³-hybridized carbons (Fsp3) is 0.429. The normalized spacial score (nSPS) is 22.8. The quantitative estimate of drug-likeness (QED) is 0.795. The van der Waals surface area contributed by atoms with Crippen molar-refractivity contribution < 1.29 is 0 Å². The summed E-state index contributed by atoms with van der Waals surface area (Å²) in [5.74, 6) is 0.640. The lowest BCUT2D eigenvalue weighted by Crippen LogP contribution is -2.40. The molecule has 122 valence electrons. The minimum atomic E-state index is 0.510. The zero-order valence-corrected chi connectivity index (χ0v) is 14.4. The predicted octanol–water partition coefficient (Wildman–Crippen LogP) is 4.41. The lowest BCUT2D eigenvalue weighted by molar-refractivity contribution is 0.431. The second-order valence-corrected chi connectivity index (χ2v) is 6.60. The van der Waals surface area contributed by atoms with Gasteiger partial charge in [0.05, 0.1) is 6.04 Å². The number of nitrogens with zero attached hydrogens (tertiary/aromatic N) is 2. The Kier molecular flexibility index (Phi) is 5.22. The Morgan fingerprint density at radius 3 is 2.91 bits per heavy atom. The highest BCUT2D eigenvalue weighted by atomic mass is 15.2. The van der Waals surface area contributed by atoms with Gasteiger partial charge in [0, 0.05) is 31.7 Å². The Bertz CT molecular complexity index is 600. The molecule has 23 heavy (non-hydrogen) atoms. The second-order valence-electron chi connectivity index (χ2n) is 6.60. The Balaban J connectivity index is 1.78. The van der Waals surface area contributed by atoms with Gasteiger partial charge in [-0.15, -0.1) is 0 Å². The molecule has 1 aliphatic carbocycles. The smallest absolute Gasteiger partial charge is 0.0539 e. The summed E-state index contributed by atoms with van der Waals surface area (Å²) in [6.45, 7) is 4.28. The minimum absolute atomic E-state index is 0.510. The van der Waals surface area contributed by atoms with Gasteiger partial charge < -0.3 is 9.80 Å². The van der Waals surface area contributed by atoms with E-state index in [-0.39, 0.29) is 0 Å². The van der Waals surface area contributed by atoms with Crippen LogP contribution in [0.4, 0.5) is 5.69 Å². The van der Waals surface area contributed by atoms with Gasteiger partial charge in [0.2, 0.25) is 0 Å². The highest BCUT2D eigenvalue weighted by Crippen LogP contribution is 2.35. The highest BCUT2D eigenvalue weighted by Gasteiger charge is 2.29. The SMILES string of the molecule is C/C=C\N(C)CCCN1c2ccccc2CCC2C=CC=CC21. The van der Waals surface area contributed by atoms with Crippen molar-refractivity contribution in [2.24, 2.45) is 5.92 Å². The van der Waals surface area contributed by atoms with Crippen molar-refractivity contribution in [1.82, 2.24) is 4.90 Å². The molecule has 2 aliphatic rings. The number of para-hydroxylation sites is 1. The lowest BCUT2D eigenvalue weighted by atomic mass is 9.90. The van der Waals surface area contributed by atoms with Crippen LogP contribution in [0.25, 0.3) is 0 Å². The van der Waals surface area contributed by atoms with E-state index in [9.17, 15) is 0 Å². The van der Waals surface area contributed by atoms with Gasteiger partial charge >= 0.3 is 0 Å². The minimum Gasteiger partial charge on any atom is -0.381 e. The van der Waals surface area contributed by atoms with E-state index in [0.717, 1.165) is 13.1 Å². The molecule has 3 rings (SSSR count). The third kappa shape index (κ3) is 3.69. The molecule has 0 bridgehead atoms. The van der Waals surface area contributed by atoms with E-state index < -0.39 is 0 Å². The van der Waals surface area contributed by atoms with Crippen LogP contribution < -0.4 is 4.90 Å². The summed E-state index contributed by atoms with van der Waals surface area (Å²) in [7, 11) is 2.16. The van der Waals surface area contributed by atoms with Crippen molar-refractivity contribution in [3.8, 4) is 0 Å². The number of benzene rings is 1. The summed E-state index contributed by atoms with van der Waals surface area (Å²) in [4.78, 5) is 4.91. The Labute approximate surface area is 140 Å². The summed E-state index contributed by atoms with van der Waals surface area (Å²) < 4.78 is 0. The summed E-state index contributed by atoms with van der Waals surface area (Å²) in [6.07, 6.45) is 17.1. The molecular formula is C21H28N2. The van der Waals surface area contributed by atoms with E-state index in [1.807, 2.05) is 0 Å². The lowest BCUT2D eigenvalue weighted by Gasteiger charge is -2.36. The molecular weight excluding hydrogens is 280 g/mol. The zero-order chi connectivity index (χ0) is 16.1. The van der Waals surface area contributed by atoms with Crippen LogP contribution in [0.5, 0.6) is 0 Å². The first-order valence-electron chi connectivity index (χ1n) is 8.82. The van der Waals surface area contributed by atoms with Gasteiger partial charge in [-0.25, -0.2) is 0 Å². The number of hydrogen-bond donors (Lipinski definition) is 0. The third-order valence-electron chi connectivity index (χ3n) is 4.94. The molecule has 2 nitrogen and oxygen atoms in total. The van der Waals surface area contributed by atoms with Crippen molar-refractivity contribution in [3.05, 3.63) is 66.4 Å². The molecule has 0 spiro atoms. The van der Waals surface area contributed by atoms with Crippen LogP contribution in [0.3, 0.4) is 0 Å². The van der Waals surface area contributed by atoms with Gasteiger partial charge in [0.1, 0.15) is 0 Å². The molecule has 0 fully saturated rings. The maximum Gasteiger partial charge on any atom is 0.0539 e. The summed E-state index contributed by atoms with van der Waals surface area (Å²) in [5, 5.41) is 0. The summed E-state index contributed by atoms with van der Waals surface area (Å²) in [5.41, 5.74) is 2.94. The first-order valence-corrected chi connectivity index (χ1v) is 8.82. The van der Waals surface area contributed by atoms with Crippen LogP contribution in [0, 0.1) is 5.92 Å². The van der Waals surface area contributed by atoms with Crippen LogP contribution in [0.1, 0.15) is 25.3 Å². The number of aryl methyl sites for hydroxylation is 1. The molecule has 0 radical (unpaired) electrons. The first-order chi connectivity index (χ1) is 11.3. The maximum absolute atomic E-state index is 2.64. The van der Waals surface area contributed by atoms with Gasteiger partial charge in [-0.1, -0.05) is 48.6 Å². The molecule has 0 saturated heterocycles. The molecule has 1 heterocycles. The van der Waals surface area contributed by atoms with Gasteiger partial charge in [-0.05, 0) is 44.0 Å². The molecule has 1 aromatic carbocycles. The third-order valence-corrected chi connectivity index (χ3v) is 4.94. The maximum atomic E-state index is 2.64. The van der Waals surface area contributed by atoms with Crippen LogP contribution in [-0.2, 0) is 6.42 Å². The van der Waals surface area contributed by atoms with E-state index in [4.69, 9.17) is 0 Å². The standard InChI is InChI=1S/C21H28N2/c1-3-15-22(2)16-8-17-23-20-11-6-4-9-18(20)13-14-19-10-5-7-12-21(19)23/h3-7,9-12,15,18,20H,8,13-14,16-17H2,1-2H3/b15-3-. The van der Waals surface area contributed by atoms with Crippen LogP contribution >= 0.6 is 0 Å². The number of allylic oxidation sites excluding steroid dienone is 3. The number of fused-ring (bicyclic) bond motifs is 2. The van der Waals surface area contributed by atoms with E-state index in [2.05, 4.69) is 84.6 Å². The van der Waals surface area contributed by atoms with E-state index in [0.29, 0.717) is 12.0 Å². The Hall–Kier alpha value is -1.96. The van der Waals surface area contributed by atoms with Crippen LogP contribution in [0.15, 0.2) is 60.8 Å². The van der Waals surface area contributed by atoms with Gasteiger partial charge in [-0.3, -0.25) is 0 Å². The fourth-order valence-corrected chi connectivity index (χ4v) is 3.82. The molecule has 1 aliphatic heterocycles. The predicted molar refractivity (Wildman–Crippen MR) is 99.7 cm³/mol. The average molecular weight is 308 g/mol. The molecule has 1 aromatic rings. The number of hydrogen-bond acceptors (Lipinski definition) is 2. The Morgan fingerprint density at radius 2 is 2.04 bits per heavy atom. The van der Waals surface area contributed by atoms with E-state index in [1.54, 1.807) is 0 Å². The number of rotatable bonds is 5. The monoisotopic (exact) mass is 308 g/mol. The molecule has 0 N–H and O–H groups in total. The van der Waals surface area contributed by atoms with Gasteiger partial charge in [0.25, 0.3) is 0 Å². The topological polar surface area (TPSA) is 6.48 Å². The van der Waals surface area contributed by atoms with Gasteiger partial charge in [0.15, 0.2) is 0 Å². The fourth-order valence-electron chi connectivity index (χ4n) is 3.82. The first kappa shape index (κ1) is 15.9. The average Bonchev–Trinajstić information content (AvgIpc) is 2.73. The van der Waals surface area contributed by atoms with E-state index >= 15 is 0 Å². The number of anilines is 1. The summed E-state index contributed by atoms with van der Waals surface area (Å²) in [6, 6.07) is 9.48. The van der Waals surface area contributed by atoms with Crippen molar-refractivity contribution in [1.29, 1.82) is 0 Å². The zero-order valence-electron chi connectivity index (χ0n) is 14.4. The van der Waals surface area contributed by atoms with Crippen molar-refractivity contribution in [2.45, 2.75) is 32.2 Å². The van der Waals surface area contributed by atoms with Crippen LogP contribution in [0.2, 0.25) is 0 Å². The molecule has 2 unspecified atom stereocenters. The van der Waals surface area contributed by atoms with Crippen molar-refractivity contribution >= 4 is 5.69 Å². The van der Waals surface area contributed by atoms with E-state index in [1.165, 1.54) is 30.5 Å². The molecule has 0 aromatic heterocycles.